The Kier molecular flexibility index (Phi) is 7.20. The smallest absolute Gasteiger partial charge is 0.0802 e. The van der Waals surface area contributed by atoms with E-state index >= 15 is 0 Å². The molecule has 1 fully saturated rings. The third kappa shape index (κ3) is 5.77. The fraction of sp³-hybridized carbons (Fsp3) is 0.667. The standard InChI is InChI=1S/C18H29NO2/c1-2-12-19(15-17-10-6-7-14-21-17)13-11-18(20)16-8-4-3-5-9-16/h3-5,8-9,17-18,20H,2,6-7,10-15H2,1H3/t17-,18-/m1/s1. The Morgan fingerprint density at radius 3 is 2.71 bits per heavy atom. The van der Waals surface area contributed by atoms with Gasteiger partial charge in [0.1, 0.15) is 0 Å². The zero-order chi connectivity index (χ0) is 14.9. The average molecular weight is 291 g/mol. The van der Waals surface area contributed by atoms with Crippen molar-refractivity contribution in [3.63, 3.8) is 0 Å². The summed E-state index contributed by atoms with van der Waals surface area (Å²) in [7, 11) is 0. The molecule has 1 heterocycles. The second-order valence-corrected chi connectivity index (χ2v) is 6.00. The third-order valence-electron chi connectivity index (χ3n) is 4.18. The van der Waals surface area contributed by atoms with E-state index in [4.69, 9.17) is 4.74 Å². The predicted octanol–water partition coefficient (Wildman–Crippen LogP) is 3.39. The molecule has 0 unspecified atom stereocenters. The number of aliphatic hydroxyl groups excluding tert-OH is 1. The van der Waals surface area contributed by atoms with Crippen molar-refractivity contribution in [3.05, 3.63) is 35.9 Å². The van der Waals surface area contributed by atoms with Crippen molar-refractivity contribution in [2.75, 3.05) is 26.2 Å². The minimum absolute atomic E-state index is 0.363. The molecule has 0 bridgehead atoms. The van der Waals surface area contributed by atoms with Crippen LogP contribution in [0.25, 0.3) is 0 Å². The fourth-order valence-electron chi connectivity index (χ4n) is 3.00. The summed E-state index contributed by atoms with van der Waals surface area (Å²) in [5, 5.41) is 10.3. The quantitative estimate of drug-likeness (QED) is 0.797. The summed E-state index contributed by atoms with van der Waals surface area (Å²) in [5.41, 5.74) is 1.02. The van der Waals surface area contributed by atoms with Gasteiger partial charge in [-0.25, -0.2) is 0 Å². The van der Waals surface area contributed by atoms with Crippen molar-refractivity contribution < 1.29 is 9.84 Å². The van der Waals surface area contributed by atoms with Crippen molar-refractivity contribution in [1.29, 1.82) is 0 Å². The summed E-state index contributed by atoms with van der Waals surface area (Å²) in [6.07, 6.45) is 5.64. The van der Waals surface area contributed by atoms with Crippen LogP contribution in [0, 0.1) is 0 Å². The van der Waals surface area contributed by atoms with Crippen LogP contribution in [0.4, 0.5) is 0 Å². The Morgan fingerprint density at radius 1 is 1.24 bits per heavy atom. The Bertz CT molecular complexity index is 376. The van der Waals surface area contributed by atoms with E-state index in [0.717, 1.165) is 44.6 Å². The van der Waals surface area contributed by atoms with Crippen LogP contribution in [0.5, 0.6) is 0 Å². The van der Waals surface area contributed by atoms with E-state index in [-0.39, 0.29) is 6.10 Å². The number of rotatable bonds is 8. The van der Waals surface area contributed by atoms with Gasteiger partial charge in [0.15, 0.2) is 0 Å². The van der Waals surface area contributed by atoms with Crippen LogP contribution in [0.1, 0.15) is 50.7 Å². The van der Waals surface area contributed by atoms with Gasteiger partial charge in [0.2, 0.25) is 0 Å². The topological polar surface area (TPSA) is 32.7 Å². The summed E-state index contributed by atoms with van der Waals surface area (Å²) >= 11 is 0. The highest BCUT2D eigenvalue weighted by Crippen LogP contribution is 2.18. The number of hydrogen-bond donors (Lipinski definition) is 1. The van der Waals surface area contributed by atoms with Gasteiger partial charge in [0.25, 0.3) is 0 Å². The van der Waals surface area contributed by atoms with Crippen LogP contribution in [0.15, 0.2) is 30.3 Å². The molecule has 0 spiro atoms. The van der Waals surface area contributed by atoms with E-state index in [0.29, 0.717) is 6.10 Å². The Morgan fingerprint density at radius 2 is 2.05 bits per heavy atom. The molecular formula is C18H29NO2. The highest BCUT2D eigenvalue weighted by Gasteiger charge is 2.18. The monoisotopic (exact) mass is 291 g/mol. The van der Waals surface area contributed by atoms with Gasteiger partial charge in [-0.2, -0.15) is 0 Å². The molecule has 1 aliphatic rings. The molecule has 3 heteroatoms. The fourth-order valence-corrected chi connectivity index (χ4v) is 3.00. The van der Waals surface area contributed by atoms with Crippen LogP contribution in [-0.2, 0) is 4.74 Å². The van der Waals surface area contributed by atoms with E-state index in [1.807, 2.05) is 30.3 Å². The first-order valence-corrected chi connectivity index (χ1v) is 8.36. The number of ether oxygens (including phenoxy) is 1. The Balaban J connectivity index is 1.78. The first kappa shape index (κ1) is 16.5. The van der Waals surface area contributed by atoms with Crippen LogP contribution >= 0.6 is 0 Å². The van der Waals surface area contributed by atoms with E-state index in [1.165, 1.54) is 19.3 Å². The van der Waals surface area contributed by atoms with Crippen molar-refractivity contribution in [2.24, 2.45) is 0 Å². The molecule has 1 saturated heterocycles. The number of benzene rings is 1. The van der Waals surface area contributed by atoms with E-state index in [2.05, 4.69) is 11.8 Å². The summed E-state index contributed by atoms with van der Waals surface area (Å²) in [5.74, 6) is 0. The maximum atomic E-state index is 10.3. The van der Waals surface area contributed by atoms with E-state index < -0.39 is 0 Å². The predicted molar refractivity (Wildman–Crippen MR) is 86.3 cm³/mol. The zero-order valence-electron chi connectivity index (χ0n) is 13.2. The highest BCUT2D eigenvalue weighted by molar-refractivity contribution is 5.17. The summed E-state index contributed by atoms with van der Waals surface area (Å²) in [6.45, 7) is 6.15. The molecule has 2 rings (SSSR count). The summed E-state index contributed by atoms with van der Waals surface area (Å²) in [4.78, 5) is 2.45. The normalized spacial score (nSPS) is 20.6. The van der Waals surface area contributed by atoms with Crippen LogP contribution in [0.3, 0.4) is 0 Å². The summed E-state index contributed by atoms with van der Waals surface area (Å²) < 4.78 is 5.84. The van der Waals surface area contributed by atoms with Gasteiger partial charge in [-0.3, -0.25) is 0 Å². The molecular weight excluding hydrogens is 262 g/mol. The van der Waals surface area contributed by atoms with Crippen molar-refractivity contribution in [2.45, 2.75) is 51.2 Å². The van der Waals surface area contributed by atoms with Gasteiger partial charge in [0, 0.05) is 19.7 Å². The maximum Gasteiger partial charge on any atom is 0.0802 e. The molecule has 3 nitrogen and oxygen atoms in total. The number of aliphatic hydroxyl groups is 1. The SMILES string of the molecule is CCCN(CC[C@@H](O)c1ccccc1)C[C@H]1CCCCO1. The number of hydrogen-bond acceptors (Lipinski definition) is 3. The Labute approximate surface area is 128 Å². The molecule has 1 N–H and O–H groups in total. The van der Waals surface area contributed by atoms with Gasteiger partial charge < -0.3 is 14.7 Å². The van der Waals surface area contributed by atoms with Crippen molar-refractivity contribution in [1.82, 2.24) is 4.90 Å². The highest BCUT2D eigenvalue weighted by atomic mass is 16.5. The molecule has 0 saturated carbocycles. The van der Waals surface area contributed by atoms with Gasteiger partial charge in [-0.05, 0) is 44.2 Å². The first-order valence-electron chi connectivity index (χ1n) is 8.36. The lowest BCUT2D eigenvalue weighted by atomic mass is 10.1. The van der Waals surface area contributed by atoms with Crippen LogP contribution in [-0.4, -0.2) is 42.4 Å². The van der Waals surface area contributed by atoms with Crippen LogP contribution in [0.2, 0.25) is 0 Å². The molecule has 21 heavy (non-hydrogen) atoms. The molecule has 2 atom stereocenters. The van der Waals surface area contributed by atoms with Gasteiger partial charge in [-0.1, -0.05) is 37.3 Å². The lowest BCUT2D eigenvalue weighted by Crippen LogP contribution is -2.37. The zero-order valence-corrected chi connectivity index (χ0v) is 13.2. The molecule has 0 radical (unpaired) electrons. The minimum atomic E-state index is -0.363. The van der Waals surface area contributed by atoms with Gasteiger partial charge in [0.05, 0.1) is 12.2 Å². The largest absolute Gasteiger partial charge is 0.388 e. The van der Waals surface area contributed by atoms with E-state index in [1.54, 1.807) is 0 Å². The molecule has 118 valence electrons. The second kappa shape index (κ2) is 9.19. The maximum absolute atomic E-state index is 10.3. The molecule has 0 amide bonds. The van der Waals surface area contributed by atoms with Crippen molar-refractivity contribution >= 4 is 0 Å². The molecule has 0 aliphatic carbocycles. The lowest BCUT2D eigenvalue weighted by Gasteiger charge is -2.30. The molecule has 1 aromatic carbocycles. The van der Waals surface area contributed by atoms with Gasteiger partial charge in [-0.15, -0.1) is 0 Å². The molecule has 1 aromatic rings. The van der Waals surface area contributed by atoms with E-state index in [9.17, 15) is 5.11 Å². The Hall–Kier alpha value is -0.900. The summed E-state index contributed by atoms with van der Waals surface area (Å²) in [6, 6.07) is 9.95. The number of nitrogens with zero attached hydrogens (tertiary/aromatic N) is 1. The second-order valence-electron chi connectivity index (χ2n) is 6.00. The molecule has 1 aliphatic heterocycles. The average Bonchev–Trinajstić information content (AvgIpc) is 2.54. The first-order chi connectivity index (χ1) is 10.3. The lowest BCUT2D eigenvalue weighted by molar-refractivity contribution is -0.00787. The third-order valence-corrected chi connectivity index (χ3v) is 4.18. The van der Waals surface area contributed by atoms with Gasteiger partial charge >= 0.3 is 0 Å². The van der Waals surface area contributed by atoms with Crippen LogP contribution < -0.4 is 0 Å². The minimum Gasteiger partial charge on any atom is -0.388 e. The molecule has 0 aromatic heterocycles. The van der Waals surface area contributed by atoms with Crippen molar-refractivity contribution in [3.8, 4) is 0 Å².